The van der Waals surface area contributed by atoms with Crippen LogP contribution in [0.2, 0.25) is 0 Å². The molecule has 3 aromatic carbocycles. The highest BCUT2D eigenvalue weighted by molar-refractivity contribution is 5.64. The third kappa shape index (κ3) is 3.27. The Kier molecular flexibility index (Phi) is 4.85. The van der Waals surface area contributed by atoms with Crippen LogP contribution in [0.25, 0.3) is 0 Å². The number of aromatic nitrogens is 1. The third-order valence-corrected chi connectivity index (χ3v) is 5.63. The van der Waals surface area contributed by atoms with Crippen LogP contribution in [-0.2, 0) is 11.2 Å². The molecule has 0 saturated carbocycles. The summed E-state index contributed by atoms with van der Waals surface area (Å²) in [6, 6.07) is 27.9. The van der Waals surface area contributed by atoms with Crippen molar-refractivity contribution in [1.29, 1.82) is 0 Å². The minimum Gasteiger partial charge on any atom is -0.369 e. The number of nitrogens with zero attached hydrogens (tertiary/aromatic N) is 1. The van der Waals surface area contributed by atoms with Crippen LogP contribution in [0.1, 0.15) is 33.4 Å². The van der Waals surface area contributed by atoms with Crippen molar-refractivity contribution in [2.75, 3.05) is 0 Å². The van der Waals surface area contributed by atoms with Gasteiger partial charge in [-0.2, -0.15) is 0 Å². The minimum absolute atomic E-state index is 0.423. The molecule has 32 heavy (non-hydrogen) atoms. The Morgan fingerprint density at radius 2 is 0.969 bits per heavy atom. The Morgan fingerprint density at radius 3 is 1.50 bits per heavy atom. The van der Waals surface area contributed by atoms with E-state index in [1.54, 1.807) is 30.6 Å². The van der Waals surface area contributed by atoms with Crippen LogP contribution in [0.4, 0.5) is 0 Å². The summed E-state index contributed by atoms with van der Waals surface area (Å²) in [4.78, 5) is 4.22. The van der Waals surface area contributed by atoms with Crippen molar-refractivity contribution in [3.8, 4) is 23.7 Å². The van der Waals surface area contributed by atoms with E-state index in [0.717, 1.165) is 11.1 Å². The third-order valence-electron chi connectivity index (χ3n) is 5.63. The number of hydrogen-bond donors (Lipinski definition) is 2. The normalized spacial score (nSPS) is 20.6. The van der Waals surface area contributed by atoms with Gasteiger partial charge in [0, 0.05) is 45.8 Å². The lowest BCUT2D eigenvalue weighted by molar-refractivity contribution is 0.0940. The predicted molar refractivity (Wildman–Crippen MR) is 123 cm³/mol. The van der Waals surface area contributed by atoms with Gasteiger partial charge in [-0.25, -0.2) is 0 Å². The second kappa shape index (κ2) is 7.84. The topological polar surface area (TPSA) is 53.4 Å². The van der Waals surface area contributed by atoms with Crippen LogP contribution < -0.4 is 0 Å². The molecule has 0 spiro atoms. The average molecular weight is 413 g/mol. The number of aliphatic hydroxyl groups is 2. The Bertz CT molecular complexity index is 1250. The summed E-state index contributed by atoms with van der Waals surface area (Å²) in [6.45, 7) is 0. The van der Waals surface area contributed by atoms with Crippen LogP contribution in [0, 0.1) is 23.7 Å². The molecule has 152 valence electrons. The molecule has 3 nitrogen and oxygen atoms in total. The van der Waals surface area contributed by atoms with Crippen molar-refractivity contribution in [1.82, 2.24) is 4.98 Å². The maximum absolute atomic E-state index is 11.9. The van der Waals surface area contributed by atoms with Gasteiger partial charge in [0.2, 0.25) is 0 Å². The van der Waals surface area contributed by atoms with E-state index in [9.17, 15) is 10.2 Å². The smallest absolute Gasteiger partial charge is 0.179 e. The molecule has 0 fully saturated rings. The first kappa shape index (κ1) is 19.8. The van der Waals surface area contributed by atoms with Gasteiger partial charge in [0.25, 0.3) is 0 Å². The maximum atomic E-state index is 11.9. The molecule has 0 saturated heterocycles. The van der Waals surface area contributed by atoms with Gasteiger partial charge in [-0.15, -0.1) is 0 Å². The number of hydrogen-bond acceptors (Lipinski definition) is 3. The van der Waals surface area contributed by atoms with E-state index in [-0.39, 0.29) is 0 Å². The summed E-state index contributed by atoms with van der Waals surface area (Å²) in [7, 11) is 0. The van der Waals surface area contributed by atoms with Gasteiger partial charge >= 0.3 is 0 Å². The molecule has 0 aliphatic heterocycles. The standard InChI is InChI=1S/C29H19NO2/c31-28(18-15-22-9-3-1-4-10-22)24-13-7-8-14-25(24)29(32,27-21-30-20-17-26(27)28)19-16-23-11-5-2-6-12-23/h1-14,17,20-21,31-32H/t28-,29-/m0/s1. The molecule has 2 atom stereocenters. The van der Waals surface area contributed by atoms with Gasteiger partial charge < -0.3 is 10.2 Å². The zero-order chi connectivity index (χ0) is 22.0. The van der Waals surface area contributed by atoms with Crippen molar-refractivity contribution >= 4 is 0 Å². The van der Waals surface area contributed by atoms with E-state index >= 15 is 0 Å². The molecule has 1 heterocycles. The fraction of sp³-hybridized carbons (Fsp3) is 0.0690. The Morgan fingerprint density at radius 1 is 0.531 bits per heavy atom. The van der Waals surface area contributed by atoms with Gasteiger partial charge in [-0.05, 0) is 30.3 Å². The number of benzene rings is 3. The summed E-state index contributed by atoms with van der Waals surface area (Å²) in [5.41, 5.74) is 0.210. The summed E-state index contributed by atoms with van der Waals surface area (Å²) in [6.07, 6.45) is 3.15. The predicted octanol–water partition coefficient (Wildman–Crippen LogP) is 3.97. The second-order valence-corrected chi connectivity index (χ2v) is 7.62. The van der Waals surface area contributed by atoms with Crippen LogP contribution >= 0.6 is 0 Å². The van der Waals surface area contributed by atoms with E-state index in [4.69, 9.17) is 0 Å². The van der Waals surface area contributed by atoms with Crippen molar-refractivity contribution in [2.45, 2.75) is 11.2 Å². The molecule has 3 heteroatoms. The molecule has 0 amide bonds. The van der Waals surface area contributed by atoms with Crippen LogP contribution in [0.5, 0.6) is 0 Å². The first-order valence-electron chi connectivity index (χ1n) is 10.3. The average Bonchev–Trinajstić information content (AvgIpc) is 2.87. The summed E-state index contributed by atoms with van der Waals surface area (Å²) in [5, 5.41) is 23.8. The van der Waals surface area contributed by atoms with E-state index < -0.39 is 11.2 Å². The molecule has 0 unspecified atom stereocenters. The summed E-state index contributed by atoms with van der Waals surface area (Å²) >= 11 is 0. The Balaban J connectivity index is 1.74. The molecule has 1 aliphatic carbocycles. The lowest BCUT2D eigenvalue weighted by Gasteiger charge is -2.39. The lowest BCUT2D eigenvalue weighted by atomic mass is 9.68. The van der Waals surface area contributed by atoms with Gasteiger partial charge in [-0.3, -0.25) is 4.98 Å². The SMILES string of the molecule is O[C@@]1(C#Cc2ccccc2)c2ccccc2[C@@](O)(C#Cc2ccccc2)c2cnccc21. The Labute approximate surface area is 187 Å². The molecule has 2 N–H and O–H groups in total. The molecule has 1 aromatic heterocycles. The van der Waals surface area contributed by atoms with Crippen molar-refractivity contribution in [3.63, 3.8) is 0 Å². The maximum Gasteiger partial charge on any atom is 0.179 e. The second-order valence-electron chi connectivity index (χ2n) is 7.62. The minimum atomic E-state index is -1.64. The van der Waals surface area contributed by atoms with Crippen LogP contribution in [0.15, 0.2) is 103 Å². The first-order chi connectivity index (χ1) is 15.6. The quantitative estimate of drug-likeness (QED) is 0.429. The number of pyridine rings is 1. The van der Waals surface area contributed by atoms with E-state index in [1.165, 1.54) is 0 Å². The molecule has 0 bridgehead atoms. The largest absolute Gasteiger partial charge is 0.369 e. The van der Waals surface area contributed by atoms with Crippen molar-refractivity contribution in [2.24, 2.45) is 0 Å². The van der Waals surface area contributed by atoms with E-state index in [0.29, 0.717) is 22.3 Å². The zero-order valence-electron chi connectivity index (χ0n) is 17.2. The van der Waals surface area contributed by atoms with E-state index in [2.05, 4.69) is 28.7 Å². The molecule has 5 rings (SSSR count). The van der Waals surface area contributed by atoms with Gasteiger partial charge in [0.05, 0.1) is 0 Å². The molecule has 4 aromatic rings. The zero-order valence-corrected chi connectivity index (χ0v) is 17.2. The van der Waals surface area contributed by atoms with Crippen LogP contribution in [-0.4, -0.2) is 15.2 Å². The van der Waals surface area contributed by atoms with Crippen LogP contribution in [0.3, 0.4) is 0 Å². The van der Waals surface area contributed by atoms with Crippen molar-refractivity contribution < 1.29 is 10.2 Å². The van der Waals surface area contributed by atoms with Gasteiger partial charge in [0.15, 0.2) is 11.2 Å². The fourth-order valence-electron chi connectivity index (χ4n) is 4.04. The molecule has 1 aliphatic rings. The van der Waals surface area contributed by atoms with Gasteiger partial charge in [0.1, 0.15) is 0 Å². The highest BCUT2D eigenvalue weighted by Crippen LogP contribution is 2.47. The van der Waals surface area contributed by atoms with Gasteiger partial charge in [-0.1, -0.05) is 84.3 Å². The molecular formula is C29H19NO2. The number of rotatable bonds is 0. The molecule has 0 radical (unpaired) electrons. The van der Waals surface area contributed by atoms with E-state index in [1.807, 2.05) is 72.8 Å². The number of fused-ring (bicyclic) bond motifs is 2. The first-order valence-corrected chi connectivity index (χ1v) is 10.3. The summed E-state index contributed by atoms with van der Waals surface area (Å²) < 4.78 is 0. The summed E-state index contributed by atoms with van der Waals surface area (Å²) in [5.74, 6) is 12.3. The monoisotopic (exact) mass is 413 g/mol. The van der Waals surface area contributed by atoms with Crippen molar-refractivity contribution in [3.05, 3.63) is 137 Å². The molecular weight excluding hydrogens is 394 g/mol. The highest BCUT2D eigenvalue weighted by atomic mass is 16.3. The highest BCUT2D eigenvalue weighted by Gasteiger charge is 2.48. The lowest BCUT2D eigenvalue weighted by Crippen LogP contribution is -2.41. The fourth-order valence-corrected chi connectivity index (χ4v) is 4.04. The Hall–Kier alpha value is -4.15.